The maximum atomic E-state index is 12.8. The Morgan fingerprint density at radius 3 is 2.28 bits per heavy atom. The molecule has 0 unspecified atom stereocenters. The first-order chi connectivity index (χ1) is 15.4. The topological polar surface area (TPSA) is 65.7 Å². The Morgan fingerprint density at radius 1 is 0.844 bits per heavy atom. The van der Waals surface area contributed by atoms with E-state index >= 15 is 0 Å². The molecule has 160 valence electrons. The lowest BCUT2D eigenvalue weighted by Gasteiger charge is -2.08. The van der Waals surface area contributed by atoms with E-state index in [1.165, 1.54) is 18.4 Å². The van der Waals surface area contributed by atoms with Gasteiger partial charge in [0.25, 0.3) is 0 Å². The minimum atomic E-state index is -0.526. The molecule has 0 aliphatic heterocycles. The highest BCUT2D eigenvalue weighted by molar-refractivity contribution is 5.89. The zero-order valence-corrected chi connectivity index (χ0v) is 18.0. The summed E-state index contributed by atoms with van der Waals surface area (Å²) in [5.41, 5.74) is 4.11. The summed E-state index contributed by atoms with van der Waals surface area (Å²) in [6, 6.07) is 18.1. The van der Waals surface area contributed by atoms with Crippen LogP contribution >= 0.6 is 0 Å². The predicted octanol–water partition coefficient (Wildman–Crippen LogP) is 6.13. The van der Waals surface area contributed by atoms with Crippen molar-refractivity contribution in [3.8, 4) is 17.2 Å². The maximum Gasteiger partial charge on any atom is 0.336 e. The third-order valence-electron chi connectivity index (χ3n) is 4.85. The highest BCUT2D eigenvalue weighted by Gasteiger charge is 2.12. The van der Waals surface area contributed by atoms with Gasteiger partial charge in [0.2, 0.25) is 11.2 Å². The molecule has 0 amide bonds. The van der Waals surface area contributed by atoms with Crippen LogP contribution < -0.4 is 14.9 Å². The lowest BCUT2D eigenvalue weighted by atomic mass is 10.1. The molecule has 1 heterocycles. The maximum absolute atomic E-state index is 12.8. The number of fused-ring (bicyclic) bond motifs is 1. The molecular weight excluding hydrogens is 404 g/mol. The summed E-state index contributed by atoms with van der Waals surface area (Å²) < 4.78 is 16.7. The molecule has 0 fully saturated rings. The number of carbonyl (C=O) groups excluding carboxylic acids is 1. The molecule has 4 rings (SSSR count). The monoisotopic (exact) mass is 426 g/mol. The minimum absolute atomic E-state index is 0.0910. The van der Waals surface area contributed by atoms with Crippen molar-refractivity contribution in [3.05, 3.63) is 105 Å². The highest BCUT2D eigenvalue weighted by atomic mass is 16.5. The quantitative estimate of drug-likeness (QED) is 0.218. The SMILES string of the molecule is Cc1ccc(C=CC(=O)Oc2ccc3c(=O)c(Oc4cc(C)cc(C)c4)coc3c2)cc1. The van der Waals surface area contributed by atoms with Crippen LogP contribution in [0.15, 0.2) is 82.2 Å². The van der Waals surface area contributed by atoms with Crippen molar-refractivity contribution in [2.45, 2.75) is 20.8 Å². The number of hydrogen-bond donors (Lipinski definition) is 0. The number of hydrogen-bond acceptors (Lipinski definition) is 5. The Bertz CT molecular complexity index is 1360. The normalized spacial score (nSPS) is 11.1. The Labute approximate surface area is 185 Å². The first-order valence-electron chi connectivity index (χ1n) is 10.2. The molecule has 0 N–H and O–H groups in total. The van der Waals surface area contributed by atoms with Crippen LogP contribution in [0.1, 0.15) is 22.3 Å². The molecule has 0 aliphatic rings. The van der Waals surface area contributed by atoms with Gasteiger partial charge in [-0.3, -0.25) is 4.79 Å². The second-order valence-corrected chi connectivity index (χ2v) is 7.68. The van der Waals surface area contributed by atoms with Gasteiger partial charge in [-0.2, -0.15) is 0 Å². The average molecular weight is 426 g/mol. The number of carbonyl (C=O) groups is 1. The summed E-state index contributed by atoms with van der Waals surface area (Å²) in [7, 11) is 0. The van der Waals surface area contributed by atoms with Crippen LogP contribution in [0, 0.1) is 20.8 Å². The number of rotatable bonds is 5. The van der Waals surface area contributed by atoms with E-state index < -0.39 is 5.97 Å². The summed E-state index contributed by atoms with van der Waals surface area (Å²) >= 11 is 0. The van der Waals surface area contributed by atoms with Crippen molar-refractivity contribution >= 4 is 23.0 Å². The van der Waals surface area contributed by atoms with Gasteiger partial charge >= 0.3 is 5.97 Å². The van der Waals surface area contributed by atoms with E-state index in [1.807, 2.05) is 63.2 Å². The molecule has 0 atom stereocenters. The molecule has 5 nitrogen and oxygen atoms in total. The van der Waals surface area contributed by atoms with Gasteiger partial charge in [0.05, 0.1) is 5.39 Å². The van der Waals surface area contributed by atoms with Gasteiger partial charge in [0.1, 0.15) is 23.3 Å². The van der Waals surface area contributed by atoms with Crippen LogP contribution in [-0.2, 0) is 4.79 Å². The summed E-state index contributed by atoms with van der Waals surface area (Å²) in [6.45, 7) is 5.92. The van der Waals surface area contributed by atoms with Crippen molar-refractivity contribution in [3.63, 3.8) is 0 Å². The lowest BCUT2D eigenvalue weighted by molar-refractivity contribution is -0.128. The third-order valence-corrected chi connectivity index (χ3v) is 4.85. The standard InChI is InChI=1S/C27H22O5/c1-17-4-6-20(7-5-17)8-11-26(28)32-21-9-10-23-24(15-21)30-16-25(27(23)29)31-22-13-18(2)12-19(3)14-22/h4-16H,1-3H3. The smallest absolute Gasteiger partial charge is 0.336 e. The zero-order chi connectivity index (χ0) is 22.7. The summed E-state index contributed by atoms with van der Waals surface area (Å²) in [6.07, 6.45) is 4.30. The summed E-state index contributed by atoms with van der Waals surface area (Å²) in [5.74, 6) is 0.414. The van der Waals surface area contributed by atoms with E-state index in [9.17, 15) is 9.59 Å². The highest BCUT2D eigenvalue weighted by Crippen LogP contribution is 2.25. The van der Waals surface area contributed by atoms with Gasteiger partial charge in [-0.25, -0.2) is 4.79 Å². The molecule has 0 radical (unpaired) electrons. The van der Waals surface area contributed by atoms with Crippen LogP contribution in [0.25, 0.3) is 17.0 Å². The van der Waals surface area contributed by atoms with Gasteiger partial charge < -0.3 is 13.9 Å². The van der Waals surface area contributed by atoms with Crippen LogP contribution in [0.2, 0.25) is 0 Å². The minimum Gasteiger partial charge on any atom is -0.460 e. The van der Waals surface area contributed by atoms with Crippen molar-refractivity contribution in [1.29, 1.82) is 0 Å². The fourth-order valence-corrected chi connectivity index (χ4v) is 3.34. The second-order valence-electron chi connectivity index (χ2n) is 7.68. The molecule has 0 spiro atoms. The van der Waals surface area contributed by atoms with E-state index in [2.05, 4.69) is 0 Å². The van der Waals surface area contributed by atoms with Crippen molar-refractivity contribution < 1.29 is 18.7 Å². The van der Waals surface area contributed by atoms with Crippen LogP contribution in [0.4, 0.5) is 0 Å². The number of ether oxygens (including phenoxy) is 2. The van der Waals surface area contributed by atoms with Gasteiger partial charge in [-0.15, -0.1) is 0 Å². The summed E-state index contributed by atoms with van der Waals surface area (Å²) in [5, 5.41) is 0.335. The Hall–Kier alpha value is -4.12. The van der Waals surface area contributed by atoms with Crippen LogP contribution in [0.5, 0.6) is 17.2 Å². The zero-order valence-electron chi connectivity index (χ0n) is 18.0. The molecule has 3 aromatic carbocycles. The molecule has 0 saturated carbocycles. The largest absolute Gasteiger partial charge is 0.460 e. The van der Waals surface area contributed by atoms with Gasteiger partial charge in [0, 0.05) is 12.1 Å². The van der Waals surface area contributed by atoms with E-state index in [0.717, 1.165) is 22.3 Å². The number of aryl methyl sites for hydroxylation is 3. The van der Waals surface area contributed by atoms with E-state index in [1.54, 1.807) is 18.2 Å². The molecule has 1 aromatic heterocycles. The number of esters is 1. The van der Waals surface area contributed by atoms with Crippen molar-refractivity contribution in [1.82, 2.24) is 0 Å². The fourth-order valence-electron chi connectivity index (χ4n) is 3.34. The molecule has 0 aliphatic carbocycles. The molecule has 32 heavy (non-hydrogen) atoms. The third kappa shape index (κ3) is 4.95. The van der Waals surface area contributed by atoms with E-state index in [4.69, 9.17) is 13.9 Å². The predicted molar refractivity (Wildman–Crippen MR) is 124 cm³/mol. The van der Waals surface area contributed by atoms with Gasteiger partial charge in [-0.1, -0.05) is 35.9 Å². The first kappa shape index (κ1) is 21.1. The van der Waals surface area contributed by atoms with Crippen LogP contribution in [0.3, 0.4) is 0 Å². The molecular formula is C27H22O5. The Morgan fingerprint density at radius 2 is 1.56 bits per heavy atom. The van der Waals surface area contributed by atoms with Crippen molar-refractivity contribution in [2.24, 2.45) is 0 Å². The van der Waals surface area contributed by atoms with E-state index in [-0.39, 0.29) is 16.9 Å². The molecule has 4 aromatic rings. The fraction of sp³-hybridized carbons (Fsp3) is 0.111. The lowest BCUT2D eigenvalue weighted by Crippen LogP contribution is -2.06. The summed E-state index contributed by atoms with van der Waals surface area (Å²) in [4.78, 5) is 25.0. The Balaban J connectivity index is 1.52. The molecule has 5 heteroatoms. The second kappa shape index (κ2) is 8.94. The Kier molecular flexibility index (Phi) is 5.90. The van der Waals surface area contributed by atoms with Gasteiger partial charge in [0.15, 0.2) is 0 Å². The van der Waals surface area contributed by atoms with Crippen molar-refractivity contribution in [2.75, 3.05) is 0 Å². The molecule has 0 saturated heterocycles. The average Bonchev–Trinajstić information content (AvgIpc) is 2.75. The van der Waals surface area contributed by atoms with Gasteiger partial charge in [-0.05, 0) is 67.8 Å². The number of benzene rings is 3. The first-order valence-corrected chi connectivity index (χ1v) is 10.2. The van der Waals surface area contributed by atoms with E-state index in [0.29, 0.717) is 16.7 Å². The van der Waals surface area contributed by atoms with Crippen LogP contribution in [-0.4, -0.2) is 5.97 Å². The molecule has 0 bridgehead atoms.